The van der Waals surface area contributed by atoms with Gasteiger partial charge in [0.05, 0.1) is 12.3 Å². The van der Waals surface area contributed by atoms with Gasteiger partial charge in [0, 0.05) is 12.5 Å². The summed E-state index contributed by atoms with van der Waals surface area (Å²) in [5, 5.41) is 12.4. The molecule has 1 aromatic carbocycles. The van der Waals surface area contributed by atoms with Gasteiger partial charge in [0.2, 0.25) is 0 Å². The molecule has 2 N–H and O–H groups in total. The Labute approximate surface area is 117 Å². The van der Waals surface area contributed by atoms with Crippen molar-refractivity contribution in [2.24, 2.45) is 0 Å². The average molecular weight is 275 g/mol. The molecule has 1 aromatic heterocycles. The highest BCUT2D eigenvalue weighted by atomic mass is 19.1. The van der Waals surface area contributed by atoms with Crippen molar-refractivity contribution >= 4 is 5.82 Å². The Morgan fingerprint density at radius 3 is 2.65 bits per heavy atom. The molecule has 0 saturated carbocycles. The molecule has 5 heteroatoms. The van der Waals surface area contributed by atoms with Crippen LogP contribution in [0.1, 0.15) is 24.1 Å². The molecule has 4 nitrogen and oxygen atoms in total. The molecule has 2 rings (SSSR count). The Balaban J connectivity index is 2.08. The van der Waals surface area contributed by atoms with Gasteiger partial charge in [0.25, 0.3) is 0 Å². The maximum Gasteiger partial charge on any atom is 0.186 e. The molecule has 20 heavy (non-hydrogen) atoms. The fourth-order valence-corrected chi connectivity index (χ4v) is 2.01. The number of aliphatic hydroxyl groups is 1. The molecule has 2 aromatic rings. The Kier molecular flexibility index (Phi) is 5.01. The Hall–Kier alpha value is -2.01. The van der Waals surface area contributed by atoms with Crippen LogP contribution in [0.2, 0.25) is 0 Å². The summed E-state index contributed by atoms with van der Waals surface area (Å²) in [6, 6.07) is 9.63. The smallest absolute Gasteiger partial charge is 0.186 e. The third-order valence-corrected chi connectivity index (χ3v) is 3.20. The van der Waals surface area contributed by atoms with Gasteiger partial charge >= 0.3 is 0 Å². The van der Waals surface area contributed by atoms with E-state index in [9.17, 15) is 9.50 Å². The molecule has 0 spiro atoms. The number of aliphatic hydroxyl groups excluding tert-OH is 1. The van der Waals surface area contributed by atoms with Crippen molar-refractivity contribution in [3.63, 3.8) is 0 Å². The quantitative estimate of drug-likeness (QED) is 0.849. The highest BCUT2D eigenvalue weighted by Gasteiger charge is 2.13. The zero-order valence-corrected chi connectivity index (χ0v) is 11.4. The van der Waals surface area contributed by atoms with Gasteiger partial charge in [-0.3, -0.25) is 0 Å². The molecule has 0 fully saturated rings. The minimum Gasteiger partial charge on any atom is -0.396 e. The van der Waals surface area contributed by atoms with Crippen molar-refractivity contribution < 1.29 is 9.50 Å². The predicted molar refractivity (Wildman–Crippen MR) is 76.1 cm³/mol. The maximum atomic E-state index is 14.0. The molecular weight excluding hydrogens is 257 g/mol. The zero-order chi connectivity index (χ0) is 14.4. The molecule has 0 aliphatic rings. The van der Waals surface area contributed by atoms with E-state index >= 15 is 0 Å². The van der Waals surface area contributed by atoms with Gasteiger partial charge in [-0.05, 0) is 12.0 Å². The minimum atomic E-state index is -0.417. The first-order chi connectivity index (χ1) is 9.76. The highest BCUT2D eigenvalue weighted by molar-refractivity contribution is 5.38. The van der Waals surface area contributed by atoms with Gasteiger partial charge in [-0.2, -0.15) is 0 Å². The summed E-state index contributed by atoms with van der Waals surface area (Å²) in [4.78, 5) is 7.80. The maximum absolute atomic E-state index is 14.0. The number of anilines is 1. The first-order valence-corrected chi connectivity index (χ1v) is 6.65. The molecule has 0 aliphatic carbocycles. The molecule has 0 radical (unpaired) electrons. The molecule has 1 heterocycles. The Bertz CT molecular complexity index is 548. The zero-order valence-electron chi connectivity index (χ0n) is 11.4. The molecule has 0 amide bonds. The number of aryl methyl sites for hydroxylation is 1. The first-order valence-electron chi connectivity index (χ1n) is 6.65. The van der Waals surface area contributed by atoms with Crippen LogP contribution in [0.25, 0.3) is 0 Å². The van der Waals surface area contributed by atoms with Gasteiger partial charge in [-0.1, -0.05) is 37.3 Å². The van der Waals surface area contributed by atoms with E-state index in [0.717, 1.165) is 5.56 Å². The number of hydrogen-bond donors (Lipinski definition) is 2. The van der Waals surface area contributed by atoms with Crippen LogP contribution >= 0.6 is 0 Å². The van der Waals surface area contributed by atoms with Crippen LogP contribution in [0, 0.1) is 5.82 Å². The first kappa shape index (κ1) is 14.4. The van der Waals surface area contributed by atoms with Crippen molar-refractivity contribution in [1.29, 1.82) is 0 Å². The van der Waals surface area contributed by atoms with Gasteiger partial charge in [-0.25, -0.2) is 14.4 Å². The predicted octanol–water partition coefficient (Wildman–Crippen LogP) is 2.37. The van der Waals surface area contributed by atoms with Crippen LogP contribution < -0.4 is 5.32 Å². The van der Waals surface area contributed by atoms with E-state index < -0.39 is 5.82 Å². The monoisotopic (exact) mass is 275 g/mol. The lowest BCUT2D eigenvalue weighted by Crippen LogP contribution is -2.18. The fourth-order valence-electron chi connectivity index (χ4n) is 2.01. The number of nitrogens with zero attached hydrogens (tertiary/aromatic N) is 2. The van der Waals surface area contributed by atoms with Gasteiger partial charge < -0.3 is 10.4 Å². The van der Waals surface area contributed by atoms with Crippen LogP contribution in [0.3, 0.4) is 0 Å². The summed E-state index contributed by atoms with van der Waals surface area (Å²) in [5.74, 6) is -0.332. The second-order valence-electron chi connectivity index (χ2n) is 4.51. The van der Waals surface area contributed by atoms with Crippen molar-refractivity contribution in [3.05, 3.63) is 53.7 Å². The third-order valence-electron chi connectivity index (χ3n) is 3.20. The van der Waals surface area contributed by atoms with Gasteiger partial charge in [0.1, 0.15) is 6.33 Å². The largest absolute Gasteiger partial charge is 0.396 e. The SMILES string of the molecule is CCc1ncnc(NC[C@H](CO)c2ccccc2)c1F. The summed E-state index contributed by atoms with van der Waals surface area (Å²) in [5.41, 5.74) is 1.40. The summed E-state index contributed by atoms with van der Waals surface area (Å²) in [7, 11) is 0. The number of rotatable bonds is 6. The number of hydrogen-bond acceptors (Lipinski definition) is 4. The second kappa shape index (κ2) is 6.96. The van der Waals surface area contributed by atoms with E-state index in [0.29, 0.717) is 18.7 Å². The number of aromatic nitrogens is 2. The van der Waals surface area contributed by atoms with E-state index in [1.54, 1.807) is 0 Å². The average Bonchev–Trinajstić information content (AvgIpc) is 2.50. The molecular formula is C15H18FN3O. The van der Waals surface area contributed by atoms with Crippen LogP contribution in [-0.2, 0) is 6.42 Å². The lowest BCUT2D eigenvalue weighted by atomic mass is 10.0. The molecule has 0 saturated heterocycles. The summed E-state index contributed by atoms with van der Waals surface area (Å²) in [6.07, 6.45) is 1.87. The summed E-state index contributed by atoms with van der Waals surface area (Å²) < 4.78 is 14.0. The van der Waals surface area contributed by atoms with E-state index in [4.69, 9.17) is 0 Å². The standard InChI is InChI=1S/C15H18FN3O/c1-2-13-14(16)15(19-10-18-13)17-8-12(9-20)11-6-4-3-5-7-11/h3-7,10,12,20H,2,8-9H2,1H3,(H,17,18,19)/t12-/m1/s1. The van der Waals surface area contributed by atoms with E-state index in [-0.39, 0.29) is 18.3 Å². The minimum absolute atomic E-state index is 0.00957. The second-order valence-corrected chi connectivity index (χ2v) is 4.51. The van der Waals surface area contributed by atoms with Crippen LogP contribution in [0.15, 0.2) is 36.7 Å². The third kappa shape index (κ3) is 3.30. The van der Waals surface area contributed by atoms with Crippen LogP contribution in [-0.4, -0.2) is 28.2 Å². The van der Waals surface area contributed by atoms with Gasteiger partial charge in [-0.15, -0.1) is 0 Å². The molecule has 0 aliphatic heterocycles. The van der Waals surface area contributed by atoms with E-state index in [2.05, 4.69) is 15.3 Å². The number of benzene rings is 1. The number of nitrogens with one attached hydrogen (secondary N) is 1. The van der Waals surface area contributed by atoms with Crippen molar-refractivity contribution in [2.45, 2.75) is 19.3 Å². The Morgan fingerprint density at radius 1 is 1.25 bits per heavy atom. The van der Waals surface area contributed by atoms with E-state index in [1.807, 2.05) is 37.3 Å². The lowest BCUT2D eigenvalue weighted by molar-refractivity contribution is 0.270. The van der Waals surface area contributed by atoms with Crippen molar-refractivity contribution in [3.8, 4) is 0 Å². The topological polar surface area (TPSA) is 58.0 Å². The molecule has 106 valence electrons. The summed E-state index contributed by atoms with van der Waals surface area (Å²) >= 11 is 0. The lowest BCUT2D eigenvalue weighted by Gasteiger charge is -2.16. The van der Waals surface area contributed by atoms with Crippen molar-refractivity contribution in [1.82, 2.24) is 9.97 Å². The van der Waals surface area contributed by atoms with Gasteiger partial charge in [0.15, 0.2) is 11.6 Å². The van der Waals surface area contributed by atoms with Crippen LogP contribution in [0.5, 0.6) is 0 Å². The molecule has 0 unspecified atom stereocenters. The number of halogens is 1. The summed E-state index contributed by atoms with van der Waals surface area (Å²) in [6.45, 7) is 2.25. The van der Waals surface area contributed by atoms with Crippen LogP contribution in [0.4, 0.5) is 10.2 Å². The normalized spacial score (nSPS) is 12.2. The fraction of sp³-hybridized carbons (Fsp3) is 0.333. The van der Waals surface area contributed by atoms with Crippen molar-refractivity contribution in [2.75, 3.05) is 18.5 Å². The Morgan fingerprint density at radius 2 is 2.00 bits per heavy atom. The molecule has 1 atom stereocenters. The van der Waals surface area contributed by atoms with E-state index in [1.165, 1.54) is 6.33 Å². The molecule has 0 bridgehead atoms. The highest BCUT2D eigenvalue weighted by Crippen LogP contribution is 2.18.